The number of unbranched alkanes of at least 4 members (excludes halogenated alkanes) is 2. The van der Waals surface area contributed by atoms with Crippen LogP contribution in [0.3, 0.4) is 0 Å². The summed E-state index contributed by atoms with van der Waals surface area (Å²) in [5.41, 5.74) is 1.67. The van der Waals surface area contributed by atoms with Gasteiger partial charge >= 0.3 is 12.3 Å². The number of carbonyl (C=O) groups excluding carboxylic acids is 9. The topological polar surface area (TPSA) is 242 Å². The summed E-state index contributed by atoms with van der Waals surface area (Å²) in [6.07, 6.45) is -1.21. The zero-order valence-electron chi connectivity index (χ0n) is 62.5. The first kappa shape index (κ1) is 84.5. The van der Waals surface area contributed by atoms with Gasteiger partial charge < -0.3 is 44.2 Å². The molecular weight excluding hydrogens is 1290 g/mol. The Balaban J connectivity index is 1.20. The van der Waals surface area contributed by atoms with Crippen molar-refractivity contribution in [3.05, 3.63) is 65.7 Å². The number of likely N-dealkylation sites (N-methyl/N-ethyl adjacent to an activating group) is 2. The summed E-state index contributed by atoms with van der Waals surface area (Å²) in [5, 5.41) is 16.6. The molecule has 3 aliphatic heterocycles. The highest BCUT2D eigenvalue weighted by Gasteiger charge is 2.46. The number of amides is 6. The minimum atomic E-state index is -4.68. The Morgan fingerprint density at radius 1 is 0.700 bits per heavy atom. The van der Waals surface area contributed by atoms with Crippen LogP contribution in [0.2, 0.25) is 0 Å². The van der Waals surface area contributed by atoms with Crippen LogP contribution in [0.5, 0.6) is 0 Å². The molecule has 2 aromatic rings. The molecule has 3 heterocycles. The molecule has 0 bridgehead atoms. The maximum absolute atomic E-state index is 14.9. The second-order valence-electron chi connectivity index (χ2n) is 29.9. The number of aliphatic hydroxyl groups excluding tert-OH is 1. The van der Waals surface area contributed by atoms with Crippen molar-refractivity contribution in [1.82, 2.24) is 29.8 Å². The molecule has 0 radical (unpaired) electrons. The molecule has 0 saturated carbocycles. The standard InChI is InChI=1S/C77H120F3N7O13/c1-16-51(8)70(64(98-14)46-67(92)86-41-27-31-60(86)72(99-15)54(11)61(88)42-52(9)71(93)56-28-20-17-21-29-56)83(12)75(96)59(48(2)3)45-63(90)69(50(6)7)84(13)76(97)100-47-55-33-35-58(36-34-55)81-73(94)57(30-26-39-85-37-23-19-24-38-85)44-62(89)68(49(4)5)82-65(77(78,79)80)32-22-18-25-40-87-66(91)43-53(10)74(87)95/h17,20-21,28-29,33-36,48-54,57,59-60,64-65,68-72,82,93H,16,18-19,22-27,30-32,37-47H2,1-15H3,(H,81,94). The van der Waals surface area contributed by atoms with E-state index >= 15 is 0 Å². The number of rotatable bonds is 42. The van der Waals surface area contributed by atoms with E-state index in [0.717, 1.165) is 37.9 Å². The molecule has 562 valence electrons. The van der Waals surface area contributed by atoms with Crippen LogP contribution in [0.15, 0.2) is 54.6 Å². The first-order chi connectivity index (χ1) is 47.3. The van der Waals surface area contributed by atoms with E-state index in [-0.39, 0.29) is 117 Å². The monoisotopic (exact) mass is 1410 g/mol. The van der Waals surface area contributed by atoms with Crippen LogP contribution in [0.4, 0.5) is 23.7 Å². The lowest BCUT2D eigenvalue weighted by atomic mass is 9.83. The Bertz CT molecular complexity index is 2950. The van der Waals surface area contributed by atoms with E-state index in [0.29, 0.717) is 69.3 Å². The maximum atomic E-state index is 14.9. The van der Waals surface area contributed by atoms with E-state index in [1.807, 2.05) is 85.7 Å². The number of piperidine rings is 1. The third-order valence-corrected chi connectivity index (χ3v) is 21.3. The largest absolute Gasteiger partial charge is 0.445 e. The van der Waals surface area contributed by atoms with E-state index in [1.165, 1.54) is 24.0 Å². The molecule has 23 heteroatoms. The predicted octanol–water partition coefficient (Wildman–Crippen LogP) is 12.0. The van der Waals surface area contributed by atoms with E-state index < -0.39 is 102 Å². The minimum Gasteiger partial charge on any atom is -0.445 e. The summed E-state index contributed by atoms with van der Waals surface area (Å²) >= 11 is 0. The summed E-state index contributed by atoms with van der Waals surface area (Å²) < 4.78 is 61.8. The quantitative estimate of drug-likeness (QED) is 0.0413. The highest BCUT2D eigenvalue weighted by molar-refractivity contribution is 6.03. The van der Waals surface area contributed by atoms with Crippen LogP contribution >= 0.6 is 0 Å². The summed E-state index contributed by atoms with van der Waals surface area (Å²) in [6.45, 7) is 23.0. The molecule has 3 aliphatic rings. The highest BCUT2D eigenvalue weighted by atomic mass is 19.4. The summed E-state index contributed by atoms with van der Waals surface area (Å²) in [4.78, 5) is 133. The number of benzene rings is 2. The van der Waals surface area contributed by atoms with Crippen LogP contribution in [-0.4, -0.2) is 192 Å². The van der Waals surface area contributed by atoms with Gasteiger partial charge in [-0.2, -0.15) is 13.2 Å². The smallest absolute Gasteiger partial charge is 0.410 e. The number of nitrogens with zero attached hydrogens (tertiary/aromatic N) is 5. The third kappa shape index (κ3) is 24.2. The van der Waals surface area contributed by atoms with E-state index in [1.54, 1.807) is 69.0 Å². The van der Waals surface area contributed by atoms with Gasteiger partial charge in [-0.3, -0.25) is 48.6 Å². The van der Waals surface area contributed by atoms with Gasteiger partial charge in [-0.1, -0.05) is 144 Å². The third-order valence-electron chi connectivity index (χ3n) is 21.3. The van der Waals surface area contributed by atoms with Gasteiger partial charge in [0.05, 0.1) is 48.9 Å². The van der Waals surface area contributed by atoms with E-state index in [4.69, 9.17) is 14.2 Å². The maximum Gasteiger partial charge on any atom is 0.410 e. The number of methoxy groups -OCH3 is 2. The molecule has 6 amide bonds. The van der Waals surface area contributed by atoms with Crippen LogP contribution < -0.4 is 10.6 Å². The fraction of sp³-hybridized carbons (Fsp3) is 0.727. The fourth-order valence-corrected chi connectivity index (χ4v) is 15.0. The molecule has 100 heavy (non-hydrogen) atoms. The zero-order chi connectivity index (χ0) is 74.3. The number of alkyl halides is 3. The van der Waals surface area contributed by atoms with Crippen molar-refractivity contribution in [3.63, 3.8) is 0 Å². The number of nitrogens with one attached hydrogen (secondary N) is 2. The number of likely N-dealkylation sites (tertiary alicyclic amines) is 3. The normalized spacial score (nSPS) is 19.9. The Kier molecular flexibility index (Phi) is 34.3. The van der Waals surface area contributed by atoms with Crippen LogP contribution in [0.1, 0.15) is 203 Å². The van der Waals surface area contributed by atoms with Crippen molar-refractivity contribution in [2.45, 2.75) is 247 Å². The van der Waals surface area contributed by atoms with Gasteiger partial charge in [0.2, 0.25) is 29.5 Å². The van der Waals surface area contributed by atoms with Gasteiger partial charge in [0, 0.05) is 96.4 Å². The van der Waals surface area contributed by atoms with Crippen molar-refractivity contribution in [2.24, 2.45) is 53.3 Å². The van der Waals surface area contributed by atoms with Crippen molar-refractivity contribution in [2.75, 3.05) is 66.4 Å². The van der Waals surface area contributed by atoms with Crippen molar-refractivity contribution < 1.29 is 75.6 Å². The molecule has 3 N–H and O–H groups in total. The van der Waals surface area contributed by atoms with Crippen LogP contribution in [0.25, 0.3) is 0 Å². The molecule has 2 aromatic carbocycles. The molecule has 0 aromatic heterocycles. The SMILES string of the molecule is CCC(C)C(C(CC(=O)N1CCCC1C(OC)C(C)C(=O)CC(C)C(O)c1ccccc1)OC)N(C)C(=O)C(CC(=O)C(C(C)C)N(C)C(=O)OCc1ccc(NC(=O)C(CCCN2CCCCC2)CC(=O)C(NC(CCCCCN2C(=O)CC(C)C2=O)C(F)(F)F)C(C)C)cc1)C(C)C. The van der Waals surface area contributed by atoms with Crippen molar-refractivity contribution in [3.8, 4) is 0 Å². The van der Waals surface area contributed by atoms with Crippen LogP contribution in [-0.2, 0) is 59.2 Å². The number of anilines is 1. The first-order valence-electron chi connectivity index (χ1n) is 36.9. The Morgan fingerprint density at radius 2 is 1.36 bits per heavy atom. The Labute approximate surface area is 593 Å². The minimum absolute atomic E-state index is 0.0582. The number of halogens is 3. The average molecular weight is 1410 g/mol. The fourth-order valence-electron chi connectivity index (χ4n) is 15.0. The number of Topliss-reactive ketones (excluding diaryl/α,β-unsaturated/α-hetero) is 3. The predicted molar refractivity (Wildman–Crippen MR) is 379 cm³/mol. The number of hydrogen-bond donors (Lipinski definition) is 3. The summed E-state index contributed by atoms with van der Waals surface area (Å²) in [5.74, 6) is -6.80. The second kappa shape index (κ2) is 40.6. The average Bonchev–Trinajstić information content (AvgIpc) is 1.13. The molecule has 0 aliphatic carbocycles. The summed E-state index contributed by atoms with van der Waals surface area (Å²) in [7, 11) is 6.24. The number of aliphatic hydroxyl groups is 1. The lowest BCUT2D eigenvalue weighted by Gasteiger charge is -2.41. The Morgan fingerprint density at radius 3 is 1.93 bits per heavy atom. The summed E-state index contributed by atoms with van der Waals surface area (Å²) in [6, 6.07) is 10.6. The van der Waals surface area contributed by atoms with Crippen molar-refractivity contribution in [1.29, 1.82) is 0 Å². The number of ether oxygens (including phenoxy) is 3. The molecule has 3 saturated heterocycles. The van der Waals surface area contributed by atoms with Gasteiger partial charge in [0.1, 0.15) is 18.4 Å². The van der Waals surface area contributed by atoms with Gasteiger partial charge in [-0.05, 0) is 124 Å². The molecule has 14 unspecified atom stereocenters. The van der Waals surface area contributed by atoms with Crippen molar-refractivity contribution >= 4 is 58.7 Å². The van der Waals surface area contributed by atoms with E-state index in [9.17, 15) is 61.4 Å². The van der Waals surface area contributed by atoms with Gasteiger partial charge in [-0.25, -0.2) is 4.79 Å². The highest BCUT2D eigenvalue weighted by Crippen LogP contribution is 2.35. The second-order valence-corrected chi connectivity index (χ2v) is 29.9. The number of ketones is 3. The molecule has 5 rings (SSSR count). The lowest BCUT2D eigenvalue weighted by molar-refractivity contribution is -0.161. The first-order valence-corrected chi connectivity index (χ1v) is 36.9. The molecule has 0 spiro atoms. The van der Waals surface area contributed by atoms with Crippen LogP contribution in [0, 0.1) is 53.3 Å². The van der Waals surface area contributed by atoms with Gasteiger partial charge in [0.15, 0.2) is 11.6 Å². The molecule has 14 atom stereocenters. The number of carbonyl (C=O) groups is 9. The lowest BCUT2D eigenvalue weighted by Crippen LogP contribution is -2.54. The molecule has 20 nitrogen and oxygen atoms in total. The number of hydrogen-bond acceptors (Lipinski definition) is 15. The Hall–Kier alpha value is -6.14. The molecule has 3 fully saturated rings. The molecular formula is C77H120F3N7O13. The van der Waals surface area contributed by atoms with Gasteiger partial charge in [0.25, 0.3) is 0 Å². The zero-order valence-corrected chi connectivity index (χ0v) is 62.5. The van der Waals surface area contributed by atoms with Gasteiger partial charge in [-0.15, -0.1) is 0 Å². The number of imide groups is 1. The van der Waals surface area contributed by atoms with E-state index in [2.05, 4.69) is 15.5 Å².